The van der Waals surface area contributed by atoms with Gasteiger partial charge in [0.1, 0.15) is 12.3 Å². The van der Waals surface area contributed by atoms with Crippen molar-refractivity contribution in [2.75, 3.05) is 23.4 Å². The Morgan fingerprint density at radius 2 is 1.73 bits per heavy atom. The molecular formula is C20H22N2O4. The maximum absolute atomic E-state index is 12.3. The average molecular weight is 354 g/mol. The molecule has 0 aliphatic heterocycles. The molecule has 0 atom stereocenters. The van der Waals surface area contributed by atoms with Gasteiger partial charge in [0.15, 0.2) is 5.78 Å². The molecule has 0 aliphatic carbocycles. The van der Waals surface area contributed by atoms with Crippen molar-refractivity contribution in [2.45, 2.75) is 20.8 Å². The van der Waals surface area contributed by atoms with E-state index in [9.17, 15) is 14.4 Å². The highest BCUT2D eigenvalue weighted by molar-refractivity contribution is 6.03. The molecule has 136 valence electrons. The first kappa shape index (κ1) is 19.2. The third-order valence-corrected chi connectivity index (χ3v) is 3.70. The molecule has 0 unspecified atom stereocenters. The van der Waals surface area contributed by atoms with E-state index in [2.05, 4.69) is 5.32 Å². The summed E-state index contributed by atoms with van der Waals surface area (Å²) in [7, 11) is 0. The van der Waals surface area contributed by atoms with E-state index in [-0.39, 0.29) is 24.1 Å². The molecule has 0 heterocycles. The highest BCUT2D eigenvalue weighted by Crippen LogP contribution is 2.18. The van der Waals surface area contributed by atoms with E-state index in [1.54, 1.807) is 48.5 Å². The van der Waals surface area contributed by atoms with Gasteiger partial charge in [-0.15, -0.1) is 0 Å². The predicted octanol–water partition coefficient (Wildman–Crippen LogP) is 3.28. The van der Waals surface area contributed by atoms with Crippen molar-refractivity contribution in [3.05, 3.63) is 54.1 Å². The molecular weight excluding hydrogens is 332 g/mol. The SMILES string of the molecule is CCOc1ccc(NC(=O)CN(C(C)=O)c2cccc(C(C)=O)c2)cc1. The molecule has 0 radical (unpaired) electrons. The van der Waals surface area contributed by atoms with E-state index in [1.807, 2.05) is 6.92 Å². The van der Waals surface area contributed by atoms with Crippen LogP contribution in [-0.4, -0.2) is 30.7 Å². The van der Waals surface area contributed by atoms with Crippen molar-refractivity contribution in [1.82, 2.24) is 0 Å². The van der Waals surface area contributed by atoms with Crippen LogP contribution in [0.15, 0.2) is 48.5 Å². The number of benzene rings is 2. The van der Waals surface area contributed by atoms with E-state index in [4.69, 9.17) is 4.74 Å². The summed E-state index contributed by atoms with van der Waals surface area (Å²) in [5.41, 5.74) is 1.60. The Hall–Kier alpha value is -3.15. The molecule has 2 rings (SSSR count). The summed E-state index contributed by atoms with van der Waals surface area (Å²) in [5, 5.41) is 2.75. The fraction of sp³-hybridized carbons (Fsp3) is 0.250. The van der Waals surface area contributed by atoms with Gasteiger partial charge in [0.25, 0.3) is 0 Å². The fourth-order valence-corrected chi connectivity index (χ4v) is 2.42. The van der Waals surface area contributed by atoms with Crippen LogP contribution < -0.4 is 15.0 Å². The Morgan fingerprint density at radius 3 is 2.31 bits per heavy atom. The molecule has 2 aromatic carbocycles. The standard InChI is InChI=1S/C20H22N2O4/c1-4-26-19-10-8-17(9-11-19)21-20(25)13-22(15(3)24)18-7-5-6-16(12-18)14(2)23/h5-12H,4,13H2,1-3H3,(H,21,25). The third-order valence-electron chi connectivity index (χ3n) is 3.70. The molecule has 0 saturated carbocycles. The largest absolute Gasteiger partial charge is 0.494 e. The van der Waals surface area contributed by atoms with Crippen molar-refractivity contribution in [3.8, 4) is 5.75 Å². The van der Waals surface area contributed by atoms with Crippen LogP contribution in [0.5, 0.6) is 5.75 Å². The molecule has 0 aliphatic rings. The lowest BCUT2D eigenvalue weighted by Gasteiger charge is -2.21. The number of carbonyl (C=O) groups is 3. The summed E-state index contributed by atoms with van der Waals surface area (Å²) < 4.78 is 5.36. The van der Waals surface area contributed by atoms with E-state index in [0.29, 0.717) is 23.5 Å². The molecule has 6 heteroatoms. The van der Waals surface area contributed by atoms with E-state index >= 15 is 0 Å². The van der Waals surface area contributed by atoms with Crippen LogP contribution in [0, 0.1) is 0 Å². The van der Waals surface area contributed by atoms with Gasteiger partial charge in [0.2, 0.25) is 11.8 Å². The molecule has 26 heavy (non-hydrogen) atoms. The fourth-order valence-electron chi connectivity index (χ4n) is 2.42. The molecule has 0 bridgehead atoms. The average Bonchev–Trinajstić information content (AvgIpc) is 2.61. The van der Waals surface area contributed by atoms with Gasteiger partial charge in [-0.05, 0) is 50.2 Å². The number of hydrogen-bond donors (Lipinski definition) is 1. The Balaban J connectivity index is 2.09. The van der Waals surface area contributed by atoms with Crippen LogP contribution in [0.4, 0.5) is 11.4 Å². The summed E-state index contributed by atoms with van der Waals surface area (Å²) >= 11 is 0. The van der Waals surface area contributed by atoms with Gasteiger partial charge < -0.3 is 15.0 Å². The molecule has 0 saturated heterocycles. The number of amides is 2. The second kappa shape index (κ2) is 8.80. The number of hydrogen-bond acceptors (Lipinski definition) is 4. The third kappa shape index (κ3) is 5.17. The first-order valence-corrected chi connectivity index (χ1v) is 8.32. The summed E-state index contributed by atoms with van der Waals surface area (Å²) in [6, 6.07) is 13.6. The Kier molecular flexibility index (Phi) is 6.49. The van der Waals surface area contributed by atoms with Crippen molar-refractivity contribution < 1.29 is 19.1 Å². The maximum atomic E-state index is 12.3. The number of Topliss-reactive ketones (excluding diaryl/α,β-unsaturated/α-hetero) is 1. The molecule has 2 amide bonds. The number of anilines is 2. The summed E-state index contributed by atoms with van der Waals surface area (Å²) in [6.07, 6.45) is 0. The lowest BCUT2D eigenvalue weighted by molar-refractivity contribution is -0.120. The Labute approximate surface area is 152 Å². The zero-order valence-corrected chi connectivity index (χ0v) is 15.1. The van der Waals surface area contributed by atoms with Gasteiger partial charge in [0, 0.05) is 23.9 Å². The van der Waals surface area contributed by atoms with Gasteiger partial charge in [-0.1, -0.05) is 12.1 Å². The van der Waals surface area contributed by atoms with Crippen LogP contribution in [0.3, 0.4) is 0 Å². The highest BCUT2D eigenvalue weighted by Gasteiger charge is 2.17. The summed E-state index contributed by atoms with van der Waals surface area (Å²) in [6.45, 7) is 5.15. The van der Waals surface area contributed by atoms with E-state index in [0.717, 1.165) is 5.75 Å². The highest BCUT2D eigenvalue weighted by atomic mass is 16.5. The van der Waals surface area contributed by atoms with Crippen LogP contribution in [0.25, 0.3) is 0 Å². The number of nitrogens with one attached hydrogen (secondary N) is 1. The second-order valence-corrected chi connectivity index (χ2v) is 5.72. The zero-order chi connectivity index (χ0) is 19.1. The topological polar surface area (TPSA) is 75.7 Å². The number of ether oxygens (including phenoxy) is 1. The molecule has 1 N–H and O–H groups in total. The molecule has 0 aromatic heterocycles. The van der Waals surface area contributed by atoms with Crippen LogP contribution >= 0.6 is 0 Å². The predicted molar refractivity (Wildman–Crippen MR) is 101 cm³/mol. The minimum Gasteiger partial charge on any atom is -0.494 e. The van der Waals surface area contributed by atoms with E-state index in [1.165, 1.54) is 18.7 Å². The van der Waals surface area contributed by atoms with Crippen molar-refractivity contribution >= 4 is 29.0 Å². The molecule has 2 aromatic rings. The normalized spacial score (nSPS) is 10.1. The summed E-state index contributed by atoms with van der Waals surface area (Å²) in [4.78, 5) is 37.2. The lowest BCUT2D eigenvalue weighted by Crippen LogP contribution is -2.36. The first-order valence-electron chi connectivity index (χ1n) is 8.32. The maximum Gasteiger partial charge on any atom is 0.244 e. The van der Waals surface area contributed by atoms with Gasteiger partial charge in [-0.25, -0.2) is 0 Å². The molecule has 0 fully saturated rings. The minimum absolute atomic E-state index is 0.103. The van der Waals surface area contributed by atoms with Crippen molar-refractivity contribution in [1.29, 1.82) is 0 Å². The van der Waals surface area contributed by atoms with Crippen molar-refractivity contribution in [2.24, 2.45) is 0 Å². The van der Waals surface area contributed by atoms with Crippen LogP contribution in [0.1, 0.15) is 31.1 Å². The minimum atomic E-state index is -0.336. The van der Waals surface area contributed by atoms with Crippen LogP contribution in [-0.2, 0) is 9.59 Å². The quantitative estimate of drug-likeness (QED) is 0.774. The number of ketones is 1. The summed E-state index contributed by atoms with van der Waals surface area (Å²) in [5.74, 6) is -0.00349. The Bertz CT molecular complexity index is 800. The van der Waals surface area contributed by atoms with Gasteiger partial charge in [-0.2, -0.15) is 0 Å². The first-order chi connectivity index (χ1) is 12.4. The second-order valence-electron chi connectivity index (χ2n) is 5.72. The van der Waals surface area contributed by atoms with Gasteiger partial charge in [-0.3, -0.25) is 14.4 Å². The number of nitrogens with zero attached hydrogens (tertiary/aromatic N) is 1. The van der Waals surface area contributed by atoms with E-state index < -0.39 is 0 Å². The molecule has 6 nitrogen and oxygen atoms in total. The van der Waals surface area contributed by atoms with Gasteiger partial charge in [0.05, 0.1) is 6.61 Å². The monoisotopic (exact) mass is 354 g/mol. The Morgan fingerprint density at radius 1 is 1.04 bits per heavy atom. The zero-order valence-electron chi connectivity index (χ0n) is 15.1. The van der Waals surface area contributed by atoms with Crippen LogP contribution in [0.2, 0.25) is 0 Å². The van der Waals surface area contributed by atoms with Crippen molar-refractivity contribution in [3.63, 3.8) is 0 Å². The molecule has 0 spiro atoms. The smallest absolute Gasteiger partial charge is 0.244 e. The number of rotatable bonds is 7. The lowest BCUT2D eigenvalue weighted by atomic mass is 10.1. The van der Waals surface area contributed by atoms with Gasteiger partial charge >= 0.3 is 0 Å². The number of carbonyl (C=O) groups excluding carboxylic acids is 3.